The largest absolute Gasteiger partial charge is 0.493 e. The highest BCUT2D eigenvalue weighted by molar-refractivity contribution is 6.74. The van der Waals surface area contributed by atoms with E-state index >= 15 is 0 Å². The van der Waals surface area contributed by atoms with E-state index in [1.165, 1.54) is 5.57 Å². The van der Waals surface area contributed by atoms with E-state index in [0.29, 0.717) is 5.75 Å². The van der Waals surface area contributed by atoms with Crippen LogP contribution in [-0.4, -0.2) is 28.6 Å². The van der Waals surface area contributed by atoms with E-state index in [0.717, 1.165) is 28.2 Å². The minimum atomic E-state index is -2.05. The molecule has 1 aliphatic heterocycles. The zero-order valence-corrected chi connectivity index (χ0v) is 19.3. The van der Waals surface area contributed by atoms with Crippen molar-refractivity contribution in [1.82, 2.24) is 0 Å². The third-order valence-corrected chi connectivity index (χ3v) is 10.9. The topological polar surface area (TPSA) is 36.9 Å². The van der Waals surface area contributed by atoms with Gasteiger partial charge in [-0.05, 0) is 53.5 Å². The van der Waals surface area contributed by atoms with Crippen molar-refractivity contribution in [3.8, 4) is 17.2 Å². The van der Waals surface area contributed by atoms with Crippen molar-refractivity contribution in [1.29, 1.82) is 0 Å². The fourth-order valence-electron chi connectivity index (χ4n) is 3.78. The molecule has 2 atom stereocenters. The fraction of sp³-hybridized carbons (Fsp3) is 0.417. The van der Waals surface area contributed by atoms with Gasteiger partial charge in [-0.25, -0.2) is 0 Å². The molecule has 0 spiro atoms. The lowest BCUT2D eigenvalue weighted by molar-refractivity contribution is 0.0832. The Balaban J connectivity index is 1.88. The van der Waals surface area contributed by atoms with Crippen LogP contribution < -0.4 is 14.2 Å². The Morgan fingerprint density at radius 2 is 1.62 bits per heavy atom. The van der Waals surface area contributed by atoms with E-state index in [4.69, 9.17) is 18.6 Å². The van der Waals surface area contributed by atoms with Gasteiger partial charge in [0, 0.05) is 11.1 Å². The van der Waals surface area contributed by atoms with Crippen LogP contribution >= 0.6 is 0 Å². The summed E-state index contributed by atoms with van der Waals surface area (Å²) in [5.41, 5.74) is 4.50. The van der Waals surface area contributed by atoms with Crippen molar-refractivity contribution in [2.45, 2.75) is 51.1 Å². The van der Waals surface area contributed by atoms with Gasteiger partial charge in [-0.15, -0.1) is 0 Å². The second-order valence-corrected chi connectivity index (χ2v) is 14.0. The Bertz CT molecular complexity index is 971. The van der Waals surface area contributed by atoms with Crippen molar-refractivity contribution < 1.29 is 18.6 Å². The van der Waals surface area contributed by atoms with Crippen LogP contribution in [0, 0.1) is 0 Å². The predicted octanol–water partition coefficient (Wildman–Crippen LogP) is 6.08. The first-order valence-electron chi connectivity index (χ1n) is 10.1. The lowest BCUT2D eigenvalue weighted by Crippen LogP contribution is -2.45. The third kappa shape index (κ3) is 3.26. The summed E-state index contributed by atoms with van der Waals surface area (Å²) < 4.78 is 24.5. The highest BCUT2D eigenvalue weighted by atomic mass is 28.4. The molecule has 1 aliphatic carbocycles. The first-order chi connectivity index (χ1) is 13.7. The molecule has 0 saturated carbocycles. The first-order valence-corrected chi connectivity index (χ1v) is 13.0. The summed E-state index contributed by atoms with van der Waals surface area (Å²) in [7, 11) is 1.28. The van der Waals surface area contributed by atoms with Crippen LogP contribution in [0.1, 0.15) is 43.6 Å². The van der Waals surface area contributed by atoms with Gasteiger partial charge in [0.25, 0.3) is 0 Å². The Morgan fingerprint density at radius 1 is 0.966 bits per heavy atom. The van der Waals surface area contributed by atoms with Gasteiger partial charge in [0.05, 0.1) is 14.2 Å². The zero-order chi connectivity index (χ0) is 21.0. The van der Waals surface area contributed by atoms with E-state index in [2.05, 4.69) is 52.1 Å². The zero-order valence-electron chi connectivity index (χ0n) is 18.3. The number of para-hydroxylation sites is 1. The van der Waals surface area contributed by atoms with E-state index in [1.54, 1.807) is 14.2 Å². The van der Waals surface area contributed by atoms with Crippen molar-refractivity contribution in [3.05, 3.63) is 53.1 Å². The van der Waals surface area contributed by atoms with Crippen LogP contribution in [0.4, 0.5) is 0 Å². The molecule has 2 aliphatic rings. The van der Waals surface area contributed by atoms with Crippen molar-refractivity contribution in [2.24, 2.45) is 0 Å². The maximum Gasteiger partial charge on any atom is 0.193 e. The fourth-order valence-corrected chi connectivity index (χ4v) is 5.02. The Morgan fingerprint density at radius 3 is 2.28 bits per heavy atom. The molecule has 2 aromatic carbocycles. The van der Waals surface area contributed by atoms with Crippen molar-refractivity contribution in [2.75, 3.05) is 14.2 Å². The smallest absolute Gasteiger partial charge is 0.193 e. The molecule has 0 unspecified atom stereocenters. The SMILES string of the molecule is COc1cc2c(cc1OC)[C@@H](O[Si](C)(C)C(C)(C)C)[C@@H]1Oc3ccccc3C1=C2. The molecule has 4 nitrogen and oxygen atoms in total. The quantitative estimate of drug-likeness (QED) is 0.572. The van der Waals surface area contributed by atoms with Gasteiger partial charge in [0.15, 0.2) is 25.9 Å². The molecular weight excluding hydrogens is 380 g/mol. The van der Waals surface area contributed by atoms with Gasteiger partial charge in [-0.1, -0.05) is 39.0 Å². The molecule has 0 aromatic heterocycles. The maximum atomic E-state index is 6.96. The van der Waals surface area contributed by atoms with Gasteiger partial charge in [-0.2, -0.15) is 0 Å². The van der Waals surface area contributed by atoms with E-state index in [1.807, 2.05) is 24.3 Å². The average molecular weight is 411 g/mol. The monoisotopic (exact) mass is 410 g/mol. The van der Waals surface area contributed by atoms with Crippen LogP contribution in [-0.2, 0) is 4.43 Å². The molecular formula is C24H30O4Si. The standard InChI is InChI=1S/C24H30O4Si/c1-24(2,3)29(6,7)28-23-17-14-21(26-5)20(25-4)13-15(17)12-18-16-10-8-9-11-19(16)27-22(18)23/h8-14,22-23H,1-7H3/t22-,23-/m1/s1. The molecule has 0 radical (unpaired) electrons. The number of rotatable bonds is 4. The van der Waals surface area contributed by atoms with Crippen molar-refractivity contribution >= 4 is 20.0 Å². The lowest BCUT2D eigenvalue weighted by Gasteiger charge is -2.42. The van der Waals surface area contributed by atoms with Crippen LogP contribution in [0.2, 0.25) is 18.1 Å². The minimum Gasteiger partial charge on any atom is -0.493 e. The minimum absolute atomic E-state index is 0.0938. The molecule has 0 bridgehead atoms. The second kappa shape index (κ2) is 6.92. The third-order valence-electron chi connectivity index (χ3n) is 6.47. The average Bonchev–Trinajstić information content (AvgIpc) is 3.04. The molecule has 154 valence electrons. The second-order valence-electron chi connectivity index (χ2n) is 9.27. The molecule has 5 heteroatoms. The normalized spacial score (nSPS) is 20.2. The molecule has 2 aromatic rings. The van der Waals surface area contributed by atoms with Gasteiger partial charge in [-0.3, -0.25) is 0 Å². The molecule has 0 fully saturated rings. The van der Waals surface area contributed by atoms with Gasteiger partial charge >= 0.3 is 0 Å². The number of hydrogen-bond donors (Lipinski definition) is 0. The summed E-state index contributed by atoms with van der Waals surface area (Å²) in [4.78, 5) is 0. The Labute approximate surface area is 174 Å². The summed E-state index contributed by atoms with van der Waals surface area (Å²) in [5, 5.41) is 0.0938. The number of methoxy groups -OCH3 is 2. The molecule has 4 rings (SSSR count). The number of benzene rings is 2. The van der Waals surface area contributed by atoms with Crippen LogP contribution in [0.5, 0.6) is 17.2 Å². The summed E-state index contributed by atoms with van der Waals surface area (Å²) in [5.74, 6) is 2.35. The molecule has 0 saturated heterocycles. The summed E-state index contributed by atoms with van der Waals surface area (Å²) in [6.45, 7) is 11.4. The lowest BCUT2D eigenvalue weighted by atomic mass is 9.85. The summed E-state index contributed by atoms with van der Waals surface area (Å²) in [6, 6.07) is 12.3. The first kappa shape index (κ1) is 20.0. The Kier molecular flexibility index (Phi) is 4.78. The number of hydrogen-bond acceptors (Lipinski definition) is 4. The Hall–Kier alpha value is -2.24. The highest BCUT2D eigenvalue weighted by Gasteiger charge is 2.46. The molecule has 1 heterocycles. The number of fused-ring (bicyclic) bond motifs is 4. The highest BCUT2D eigenvalue weighted by Crippen LogP contribution is 2.52. The van der Waals surface area contributed by atoms with Crippen LogP contribution in [0.25, 0.3) is 11.6 Å². The van der Waals surface area contributed by atoms with Crippen molar-refractivity contribution in [3.63, 3.8) is 0 Å². The van der Waals surface area contributed by atoms with E-state index in [9.17, 15) is 0 Å². The molecule has 29 heavy (non-hydrogen) atoms. The van der Waals surface area contributed by atoms with E-state index in [-0.39, 0.29) is 17.2 Å². The van der Waals surface area contributed by atoms with E-state index < -0.39 is 8.32 Å². The summed E-state index contributed by atoms with van der Waals surface area (Å²) >= 11 is 0. The predicted molar refractivity (Wildman–Crippen MR) is 119 cm³/mol. The van der Waals surface area contributed by atoms with Crippen LogP contribution in [0.3, 0.4) is 0 Å². The van der Waals surface area contributed by atoms with Gasteiger partial charge in [0.1, 0.15) is 11.9 Å². The maximum absolute atomic E-state index is 6.96. The van der Waals surface area contributed by atoms with Gasteiger partial charge in [0.2, 0.25) is 0 Å². The van der Waals surface area contributed by atoms with Gasteiger partial charge < -0.3 is 18.6 Å². The number of ether oxygens (including phenoxy) is 3. The van der Waals surface area contributed by atoms with Crippen LogP contribution in [0.15, 0.2) is 36.4 Å². The summed E-state index contributed by atoms with van der Waals surface area (Å²) in [6.07, 6.45) is 1.85. The molecule has 0 amide bonds. The molecule has 0 N–H and O–H groups in total.